The van der Waals surface area contributed by atoms with Crippen LogP contribution in [0, 0.1) is 16.7 Å². The molecule has 0 spiro atoms. The monoisotopic (exact) mass is 238 g/mol. The van der Waals surface area contributed by atoms with Gasteiger partial charge in [-0.2, -0.15) is 5.26 Å². The van der Waals surface area contributed by atoms with Gasteiger partial charge in [0.15, 0.2) is 0 Å². The van der Waals surface area contributed by atoms with Crippen LogP contribution in [-0.4, -0.2) is 36.6 Å². The Balaban J connectivity index is 2.87. The lowest BCUT2D eigenvalue weighted by atomic mass is 9.80. The van der Waals surface area contributed by atoms with Gasteiger partial charge in [-0.05, 0) is 33.1 Å². The zero-order valence-corrected chi connectivity index (χ0v) is 11.0. The largest absolute Gasteiger partial charge is 0.381 e. The van der Waals surface area contributed by atoms with E-state index in [1.54, 1.807) is 0 Å². The van der Waals surface area contributed by atoms with Crippen molar-refractivity contribution >= 4 is 5.91 Å². The number of nitriles is 1. The lowest BCUT2D eigenvalue weighted by Gasteiger charge is -2.37. The van der Waals surface area contributed by atoms with Gasteiger partial charge in [-0.1, -0.05) is 6.92 Å². The van der Waals surface area contributed by atoms with Gasteiger partial charge in [-0.3, -0.25) is 4.79 Å². The summed E-state index contributed by atoms with van der Waals surface area (Å²) in [6.07, 6.45) is 1.96. The minimum Gasteiger partial charge on any atom is -0.381 e. The average molecular weight is 238 g/mol. The van der Waals surface area contributed by atoms with Crippen molar-refractivity contribution in [2.24, 2.45) is 5.41 Å². The van der Waals surface area contributed by atoms with Crippen LogP contribution in [0.15, 0.2) is 0 Å². The molecule has 1 heterocycles. The molecule has 1 aliphatic rings. The first kappa shape index (κ1) is 14.0. The predicted octanol–water partition coefficient (Wildman–Crippen LogP) is 1.95. The lowest BCUT2D eigenvalue weighted by Crippen LogP contribution is -2.49. The third kappa shape index (κ3) is 2.78. The summed E-state index contributed by atoms with van der Waals surface area (Å²) in [5.74, 6) is -0.0137. The van der Waals surface area contributed by atoms with Crippen LogP contribution in [0.1, 0.15) is 40.0 Å². The van der Waals surface area contributed by atoms with Gasteiger partial charge in [0.2, 0.25) is 5.91 Å². The molecule has 1 saturated heterocycles. The molecule has 4 nitrogen and oxygen atoms in total. The van der Waals surface area contributed by atoms with Crippen LogP contribution in [-0.2, 0) is 9.53 Å². The fourth-order valence-corrected chi connectivity index (χ4v) is 2.24. The van der Waals surface area contributed by atoms with Crippen LogP contribution in [0.2, 0.25) is 0 Å². The Morgan fingerprint density at radius 1 is 1.47 bits per heavy atom. The fraction of sp³-hybridized carbons (Fsp3) is 0.846. The SMILES string of the molecule is CCC(C)N(CC)C(=O)C1(C#N)CCOCC1. The van der Waals surface area contributed by atoms with E-state index >= 15 is 0 Å². The first-order valence-corrected chi connectivity index (χ1v) is 6.41. The summed E-state index contributed by atoms with van der Waals surface area (Å²) in [6, 6.07) is 2.43. The molecular weight excluding hydrogens is 216 g/mol. The van der Waals surface area contributed by atoms with Crippen LogP contribution in [0.5, 0.6) is 0 Å². The minimum absolute atomic E-state index is 0.0137. The smallest absolute Gasteiger partial charge is 0.243 e. The number of amides is 1. The molecule has 1 rings (SSSR count). The third-order valence-corrected chi connectivity index (χ3v) is 3.69. The molecule has 0 N–H and O–H groups in total. The second-order valence-corrected chi connectivity index (χ2v) is 4.65. The van der Waals surface area contributed by atoms with E-state index < -0.39 is 5.41 Å². The number of rotatable bonds is 4. The van der Waals surface area contributed by atoms with E-state index in [0.29, 0.717) is 32.6 Å². The number of hydrogen-bond acceptors (Lipinski definition) is 3. The zero-order valence-electron chi connectivity index (χ0n) is 11.0. The quantitative estimate of drug-likeness (QED) is 0.752. The second-order valence-electron chi connectivity index (χ2n) is 4.65. The van der Waals surface area contributed by atoms with Gasteiger partial charge in [0, 0.05) is 25.8 Å². The van der Waals surface area contributed by atoms with E-state index in [1.807, 2.05) is 18.7 Å². The maximum absolute atomic E-state index is 12.5. The number of nitrogens with zero attached hydrogens (tertiary/aromatic N) is 2. The number of carbonyl (C=O) groups is 1. The van der Waals surface area contributed by atoms with E-state index in [4.69, 9.17) is 4.74 Å². The van der Waals surface area contributed by atoms with Crippen molar-refractivity contribution in [3.63, 3.8) is 0 Å². The maximum Gasteiger partial charge on any atom is 0.243 e. The molecule has 0 aromatic carbocycles. The van der Waals surface area contributed by atoms with Gasteiger partial charge in [0.25, 0.3) is 0 Å². The van der Waals surface area contributed by atoms with E-state index in [1.165, 1.54) is 0 Å². The van der Waals surface area contributed by atoms with Gasteiger partial charge in [-0.15, -0.1) is 0 Å². The molecule has 0 bridgehead atoms. The Morgan fingerprint density at radius 2 is 2.06 bits per heavy atom. The summed E-state index contributed by atoms with van der Waals surface area (Å²) in [4.78, 5) is 14.4. The zero-order chi connectivity index (χ0) is 12.9. The number of carbonyl (C=O) groups excluding carboxylic acids is 1. The van der Waals surface area contributed by atoms with Gasteiger partial charge in [0.1, 0.15) is 5.41 Å². The van der Waals surface area contributed by atoms with Crippen molar-refractivity contribution in [1.29, 1.82) is 5.26 Å². The Hall–Kier alpha value is -1.08. The van der Waals surface area contributed by atoms with Crippen LogP contribution in [0.25, 0.3) is 0 Å². The van der Waals surface area contributed by atoms with E-state index in [2.05, 4.69) is 13.0 Å². The minimum atomic E-state index is -0.850. The Bertz CT molecular complexity index is 303. The standard InChI is InChI=1S/C13H22N2O2/c1-4-11(3)15(5-2)12(16)13(10-14)6-8-17-9-7-13/h11H,4-9H2,1-3H3. The van der Waals surface area contributed by atoms with Crippen molar-refractivity contribution in [3.05, 3.63) is 0 Å². The van der Waals surface area contributed by atoms with Crippen LogP contribution < -0.4 is 0 Å². The molecule has 0 aromatic heterocycles. The Labute approximate surface area is 104 Å². The molecule has 0 aromatic rings. The highest BCUT2D eigenvalue weighted by molar-refractivity contribution is 5.85. The maximum atomic E-state index is 12.5. The van der Waals surface area contributed by atoms with Crippen LogP contribution in [0.3, 0.4) is 0 Å². The second kappa shape index (κ2) is 6.02. The van der Waals surface area contributed by atoms with Gasteiger partial charge >= 0.3 is 0 Å². The Morgan fingerprint density at radius 3 is 2.47 bits per heavy atom. The average Bonchev–Trinajstić information content (AvgIpc) is 2.39. The molecule has 0 saturated carbocycles. The van der Waals surface area contributed by atoms with Gasteiger partial charge in [-0.25, -0.2) is 0 Å². The van der Waals surface area contributed by atoms with Crippen LogP contribution in [0.4, 0.5) is 0 Å². The van der Waals surface area contributed by atoms with E-state index in [-0.39, 0.29) is 11.9 Å². The summed E-state index contributed by atoms with van der Waals surface area (Å²) < 4.78 is 5.26. The van der Waals surface area contributed by atoms with E-state index in [0.717, 1.165) is 6.42 Å². The molecule has 0 aliphatic carbocycles. The lowest BCUT2D eigenvalue weighted by molar-refractivity contribution is -0.145. The van der Waals surface area contributed by atoms with Crippen LogP contribution >= 0.6 is 0 Å². The van der Waals surface area contributed by atoms with Crippen molar-refractivity contribution in [3.8, 4) is 6.07 Å². The first-order valence-electron chi connectivity index (χ1n) is 6.41. The highest BCUT2D eigenvalue weighted by atomic mass is 16.5. The predicted molar refractivity (Wildman–Crippen MR) is 65.2 cm³/mol. The Kier molecular flexibility index (Phi) is 4.95. The highest BCUT2D eigenvalue weighted by Crippen LogP contribution is 2.32. The molecule has 1 amide bonds. The number of hydrogen-bond donors (Lipinski definition) is 0. The molecule has 1 aliphatic heterocycles. The van der Waals surface area contributed by atoms with E-state index in [9.17, 15) is 10.1 Å². The van der Waals surface area contributed by atoms with Crippen molar-refractivity contribution < 1.29 is 9.53 Å². The number of ether oxygens (including phenoxy) is 1. The summed E-state index contributed by atoms with van der Waals surface area (Å²) in [7, 11) is 0. The molecule has 1 atom stereocenters. The van der Waals surface area contributed by atoms with Crippen molar-refractivity contribution in [2.75, 3.05) is 19.8 Å². The first-order chi connectivity index (χ1) is 8.11. The van der Waals surface area contributed by atoms with Crippen molar-refractivity contribution in [1.82, 2.24) is 4.90 Å². The summed E-state index contributed by atoms with van der Waals surface area (Å²) in [5.41, 5.74) is -0.850. The van der Waals surface area contributed by atoms with Crippen molar-refractivity contribution in [2.45, 2.75) is 46.1 Å². The molecule has 96 valence electrons. The summed E-state index contributed by atoms with van der Waals surface area (Å²) in [5, 5.41) is 9.36. The molecule has 0 radical (unpaired) electrons. The molecule has 17 heavy (non-hydrogen) atoms. The molecule has 4 heteroatoms. The molecule has 1 unspecified atom stereocenters. The topological polar surface area (TPSA) is 53.3 Å². The third-order valence-electron chi connectivity index (χ3n) is 3.69. The summed E-state index contributed by atoms with van der Waals surface area (Å²) >= 11 is 0. The normalized spacial score (nSPS) is 20.4. The fourth-order valence-electron chi connectivity index (χ4n) is 2.24. The van der Waals surface area contributed by atoms with Gasteiger partial charge in [0.05, 0.1) is 6.07 Å². The molecular formula is C13H22N2O2. The van der Waals surface area contributed by atoms with Gasteiger partial charge < -0.3 is 9.64 Å². The molecule has 1 fully saturated rings. The highest BCUT2D eigenvalue weighted by Gasteiger charge is 2.43. The summed E-state index contributed by atoms with van der Waals surface area (Å²) in [6.45, 7) is 7.75.